The van der Waals surface area contributed by atoms with Gasteiger partial charge in [0.05, 0.1) is 0 Å². The molecule has 0 heterocycles. The molecule has 0 fully saturated rings. The van der Waals surface area contributed by atoms with E-state index in [1.807, 2.05) is 0 Å². The Morgan fingerprint density at radius 3 is 1.07 bits per heavy atom. The Bertz CT molecular complexity index is 492. The molecule has 0 aromatic rings. The van der Waals surface area contributed by atoms with Gasteiger partial charge in [-0.2, -0.15) is 25.3 Å². The molecule has 0 saturated heterocycles. The number of alkyl halides is 1. The Hall–Kier alpha value is 0.0200. The first kappa shape index (κ1) is 15.0. The minimum atomic E-state index is -5.51. The van der Waals surface area contributed by atoms with E-state index in [0.717, 1.165) is 0 Å². The molecule has 0 aliphatic rings. The van der Waals surface area contributed by atoms with Gasteiger partial charge in [0.25, 0.3) is 30.4 Å². The van der Waals surface area contributed by atoms with Crippen molar-refractivity contribution < 1.29 is 38.9 Å². The topological polar surface area (TPSA) is 163 Å². The average Bonchev–Trinajstić information content (AvgIpc) is 1.76. The summed E-state index contributed by atoms with van der Waals surface area (Å²) in [6.45, 7) is 0. The molecule has 13 heteroatoms. The molecule has 1 atom stereocenters. The highest BCUT2D eigenvalue weighted by atomic mass is 35.5. The minimum absolute atomic E-state index is 2.94. The lowest BCUT2D eigenvalue weighted by atomic mass is 10.9. The van der Waals surface area contributed by atoms with Gasteiger partial charge in [-0.15, -0.1) is 0 Å². The van der Waals surface area contributed by atoms with Gasteiger partial charge in [-0.3, -0.25) is 13.7 Å². The van der Waals surface area contributed by atoms with Crippen LogP contribution >= 0.6 is 11.6 Å². The first-order chi connectivity index (χ1) is 6.28. The van der Waals surface area contributed by atoms with E-state index in [-0.39, 0.29) is 0 Å². The van der Waals surface area contributed by atoms with Crippen LogP contribution in [0.4, 0.5) is 0 Å². The van der Waals surface area contributed by atoms with Crippen molar-refractivity contribution in [3.63, 3.8) is 0 Å². The van der Waals surface area contributed by atoms with E-state index in [9.17, 15) is 25.3 Å². The zero-order valence-electron chi connectivity index (χ0n) is 6.55. The van der Waals surface area contributed by atoms with E-state index in [4.69, 9.17) is 25.3 Å². The fraction of sp³-hybridized carbons (Fsp3) is 1.00. The summed E-state index contributed by atoms with van der Waals surface area (Å²) in [6, 6.07) is 0. The number of rotatable bonds is 4. The molecule has 3 N–H and O–H groups in total. The third-order valence-electron chi connectivity index (χ3n) is 1.09. The van der Waals surface area contributed by atoms with Gasteiger partial charge in [0.1, 0.15) is 0 Å². The first-order valence-electron chi connectivity index (χ1n) is 2.81. The molecule has 0 rings (SSSR count). The molecule has 0 radical (unpaired) electrons. The molecule has 1 unspecified atom stereocenters. The van der Waals surface area contributed by atoms with E-state index in [1.165, 1.54) is 0 Å². The van der Waals surface area contributed by atoms with Crippen LogP contribution in [0.2, 0.25) is 0 Å². The van der Waals surface area contributed by atoms with Crippen molar-refractivity contribution in [3.8, 4) is 0 Å². The highest BCUT2D eigenvalue weighted by Crippen LogP contribution is 2.20. The fourth-order valence-corrected chi connectivity index (χ4v) is 5.08. The van der Waals surface area contributed by atoms with E-state index < -0.39 is 39.6 Å². The summed E-state index contributed by atoms with van der Waals surface area (Å²) in [6.07, 6.45) is 0. The van der Waals surface area contributed by atoms with Gasteiger partial charge >= 0.3 is 0 Å². The van der Waals surface area contributed by atoms with Crippen LogP contribution in [0.1, 0.15) is 0 Å². The monoisotopic (exact) mass is 304 g/mol. The van der Waals surface area contributed by atoms with Crippen molar-refractivity contribution in [1.82, 2.24) is 0 Å². The maximum Gasteiger partial charge on any atom is 0.287 e. The van der Waals surface area contributed by atoms with Crippen LogP contribution in [0.25, 0.3) is 0 Å². The summed E-state index contributed by atoms with van der Waals surface area (Å²) in [4.78, 5) is 0. The summed E-state index contributed by atoms with van der Waals surface area (Å²) in [5.74, 6) is 0. The molecule has 0 aromatic heterocycles. The Kier molecular flexibility index (Phi) is 4.12. The Balaban J connectivity index is 5.79. The third kappa shape index (κ3) is 4.18. The quantitative estimate of drug-likeness (QED) is 0.416. The van der Waals surface area contributed by atoms with E-state index in [0.29, 0.717) is 0 Å². The average molecular weight is 305 g/mol. The second kappa shape index (κ2) is 4.12. The molecule has 92 valence electrons. The van der Waals surface area contributed by atoms with Gasteiger partial charge in [0.2, 0.25) is 4.58 Å². The molecule has 0 amide bonds. The van der Waals surface area contributed by atoms with Gasteiger partial charge in [0.15, 0.2) is 4.71 Å². The molecular weight excluding hydrogens is 300 g/mol. The van der Waals surface area contributed by atoms with Crippen molar-refractivity contribution in [2.45, 2.75) is 9.29 Å². The van der Waals surface area contributed by atoms with E-state index in [1.54, 1.807) is 0 Å². The summed E-state index contributed by atoms with van der Waals surface area (Å²) in [5.41, 5.74) is 0. The van der Waals surface area contributed by atoms with Crippen molar-refractivity contribution in [1.29, 1.82) is 0 Å². The van der Waals surface area contributed by atoms with Crippen LogP contribution in [-0.4, -0.2) is 48.2 Å². The predicted octanol–water partition coefficient (Wildman–Crippen LogP) is -1.46. The molecule has 0 aliphatic carbocycles. The molecule has 9 nitrogen and oxygen atoms in total. The summed E-state index contributed by atoms with van der Waals surface area (Å²) in [5, 5.41) is 0. The normalized spacial score (nSPS) is 16.6. The second-order valence-electron chi connectivity index (χ2n) is 2.26. The number of halogens is 1. The van der Waals surface area contributed by atoms with E-state index >= 15 is 0 Å². The fourth-order valence-electron chi connectivity index (χ4n) is 0.564. The number of hydrogen-bond acceptors (Lipinski definition) is 6. The zero-order valence-corrected chi connectivity index (χ0v) is 9.75. The molecule has 0 saturated carbocycles. The Morgan fingerprint density at radius 2 is 1.00 bits per heavy atom. The van der Waals surface area contributed by atoms with Crippen molar-refractivity contribution in [3.05, 3.63) is 0 Å². The lowest BCUT2D eigenvalue weighted by molar-refractivity contribution is 0.444. The third-order valence-corrected chi connectivity index (χ3v) is 6.68. The summed E-state index contributed by atoms with van der Waals surface area (Å²) >= 11 is 4.78. The predicted molar refractivity (Wildman–Crippen MR) is 48.1 cm³/mol. The van der Waals surface area contributed by atoms with Crippen LogP contribution in [0.3, 0.4) is 0 Å². The van der Waals surface area contributed by atoms with Crippen molar-refractivity contribution >= 4 is 42.0 Å². The second-order valence-corrected chi connectivity index (χ2v) is 7.91. The summed E-state index contributed by atoms with van der Waals surface area (Å²) in [7, 11) is -16.3. The van der Waals surface area contributed by atoms with Crippen LogP contribution in [0.15, 0.2) is 0 Å². The minimum Gasteiger partial charge on any atom is -0.284 e. The molecule has 0 aliphatic heterocycles. The highest BCUT2D eigenvalue weighted by Gasteiger charge is 2.48. The molecular formula is C2H5ClO9S3. The highest BCUT2D eigenvalue weighted by molar-refractivity contribution is 8.05. The maximum absolute atomic E-state index is 10.4. The Morgan fingerprint density at radius 1 is 0.733 bits per heavy atom. The largest absolute Gasteiger partial charge is 0.287 e. The van der Waals surface area contributed by atoms with Gasteiger partial charge < -0.3 is 0 Å². The van der Waals surface area contributed by atoms with Gasteiger partial charge in [0, 0.05) is 0 Å². The smallest absolute Gasteiger partial charge is 0.284 e. The van der Waals surface area contributed by atoms with Crippen molar-refractivity contribution in [2.75, 3.05) is 0 Å². The molecule has 15 heavy (non-hydrogen) atoms. The van der Waals surface area contributed by atoms with Gasteiger partial charge in [-0.25, -0.2) is 0 Å². The standard InChI is InChI=1S/C2H5ClO9S3/c3-1(13(4,5)6)2(14(7,8)9)15(10,11)12/h1-2H,(H,4,5,6)(H,7,8,9)(H,10,11,12). The SMILES string of the molecule is O=S(=O)(O)C(Cl)C(S(=O)(=O)O)S(=O)(=O)O. The van der Waals surface area contributed by atoms with Crippen LogP contribution in [0, 0.1) is 0 Å². The van der Waals surface area contributed by atoms with E-state index in [2.05, 4.69) is 0 Å². The lowest BCUT2D eigenvalue weighted by Crippen LogP contribution is -2.41. The molecule has 0 bridgehead atoms. The van der Waals surface area contributed by atoms with Crippen LogP contribution in [0.5, 0.6) is 0 Å². The lowest BCUT2D eigenvalue weighted by Gasteiger charge is -2.13. The molecule has 0 spiro atoms. The van der Waals surface area contributed by atoms with Gasteiger partial charge in [-0.05, 0) is 0 Å². The van der Waals surface area contributed by atoms with Gasteiger partial charge in [-0.1, -0.05) is 11.6 Å². The van der Waals surface area contributed by atoms with Crippen LogP contribution in [-0.2, 0) is 30.4 Å². The zero-order chi connectivity index (χ0) is 12.7. The maximum atomic E-state index is 10.4. The van der Waals surface area contributed by atoms with Crippen LogP contribution < -0.4 is 0 Å². The molecule has 0 aromatic carbocycles. The van der Waals surface area contributed by atoms with Crippen molar-refractivity contribution in [2.24, 2.45) is 0 Å². The summed E-state index contributed by atoms with van der Waals surface area (Å²) < 4.78 is 81.1. The first-order valence-corrected chi connectivity index (χ1v) is 7.75. The number of hydrogen-bond donors (Lipinski definition) is 3. The Labute approximate surface area is 90.3 Å².